The van der Waals surface area contributed by atoms with Crippen LogP contribution in [0.1, 0.15) is 15.9 Å². The summed E-state index contributed by atoms with van der Waals surface area (Å²) in [7, 11) is 0. The lowest BCUT2D eigenvalue weighted by Crippen LogP contribution is -2.24. The maximum absolute atomic E-state index is 13.7. The molecule has 4 nitrogen and oxygen atoms in total. The maximum atomic E-state index is 13.7. The standard InChI is InChI=1S/C16H12BrFN2O2S/c17-11-2-3-12(18)10(5-11)7-19-16(22)9-1-4-14-13(6-9)20-15(21)8-23-14/h1-6H,7-8H2,(H,19,22)(H,20,21). The molecule has 1 heterocycles. The second-order valence-corrected chi connectivity index (χ2v) is 6.90. The summed E-state index contributed by atoms with van der Waals surface area (Å²) in [5.41, 5.74) is 1.45. The van der Waals surface area contributed by atoms with Crippen molar-refractivity contribution in [3.63, 3.8) is 0 Å². The van der Waals surface area contributed by atoms with Crippen molar-refractivity contribution in [1.82, 2.24) is 5.32 Å². The molecule has 1 aliphatic rings. The fraction of sp³-hybridized carbons (Fsp3) is 0.125. The molecule has 3 rings (SSSR count). The predicted molar refractivity (Wildman–Crippen MR) is 91.1 cm³/mol. The van der Waals surface area contributed by atoms with Gasteiger partial charge in [0.2, 0.25) is 5.91 Å². The average Bonchev–Trinajstić information content (AvgIpc) is 2.54. The molecule has 2 aromatic rings. The number of carbonyl (C=O) groups excluding carboxylic acids is 2. The Kier molecular flexibility index (Phi) is 4.68. The first kappa shape index (κ1) is 16.0. The minimum absolute atomic E-state index is 0.0856. The Balaban J connectivity index is 1.72. The number of amides is 2. The number of benzene rings is 2. The summed E-state index contributed by atoms with van der Waals surface area (Å²) in [6.07, 6.45) is 0. The lowest BCUT2D eigenvalue weighted by atomic mass is 10.1. The number of nitrogens with one attached hydrogen (secondary N) is 2. The van der Waals surface area contributed by atoms with Crippen molar-refractivity contribution in [2.75, 3.05) is 11.1 Å². The molecule has 2 N–H and O–H groups in total. The van der Waals surface area contributed by atoms with E-state index in [1.807, 2.05) is 0 Å². The van der Waals surface area contributed by atoms with Gasteiger partial charge in [-0.15, -0.1) is 11.8 Å². The number of fused-ring (bicyclic) bond motifs is 1. The number of thioether (sulfide) groups is 1. The van der Waals surface area contributed by atoms with E-state index in [1.165, 1.54) is 17.8 Å². The first-order chi connectivity index (χ1) is 11.0. The third-order valence-corrected chi connectivity index (χ3v) is 4.89. The van der Waals surface area contributed by atoms with Crippen LogP contribution < -0.4 is 10.6 Å². The Morgan fingerprint density at radius 3 is 2.96 bits per heavy atom. The van der Waals surface area contributed by atoms with Crippen molar-refractivity contribution in [3.8, 4) is 0 Å². The zero-order valence-electron chi connectivity index (χ0n) is 11.9. The molecule has 1 aliphatic heterocycles. The molecule has 0 atom stereocenters. The van der Waals surface area contributed by atoms with Gasteiger partial charge in [-0.3, -0.25) is 9.59 Å². The molecule has 0 spiro atoms. The zero-order chi connectivity index (χ0) is 16.4. The molecule has 0 saturated carbocycles. The van der Waals surface area contributed by atoms with E-state index in [4.69, 9.17) is 0 Å². The van der Waals surface area contributed by atoms with Gasteiger partial charge in [-0.25, -0.2) is 4.39 Å². The lowest BCUT2D eigenvalue weighted by Gasteiger charge is -2.17. The quantitative estimate of drug-likeness (QED) is 0.836. The van der Waals surface area contributed by atoms with Crippen LogP contribution in [0.15, 0.2) is 45.8 Å². The first-order valence-electron chi connectivity index (χ1n) is 6.82. The predicted octanol–water partition coefficient (Wildman–Crippen LogP) is 3.56. The fourth-order valence-electron chi connectivity index (χ4n) is 2.18. The smallest absolute Gasteiger partial charge is 0.251 e. The van der Waals surface area contributed by atoms with E-state index in [1.54, 1.807) is 30.3 Å². The van der Waals surface area contributed by atoms with Crippen molar-refractivity contribution in [2.45, 2.75) is 11.4 Å². The van der Waals surface area contributed by atoms with Gasteiger partial charge < -0.3 is 10.6 Å². The third-order valence-electron chi connectivity index (χ3n) is 3.32. The molecule has 0 saturated heterocycles. The molecule has 0 fully saturated rings. The Hall–Kier alpha value is -1.86. The third kappa shape index (κ3) is 3.73. The van der Waals surface area contributed by atoms with Crippen molar-refractivity contribution < 1.29 is 14.0 Å². The summed E-state index contributed by atoms with van der Waals surface area (Å²) in [5.74, 6) is -0.406. The van der Waals surface area contributed by atoms with Gasteiger partial charge in [0.25, 0.3) is 5.91 Å². The van der Waals surface area contributed by atoms with E-state index in [9.17, 15) is 14.0 Å². The summed E-state index contributed by atoms with van der Waals surface area (Å²) in [6, 6.07) is 9.69. The van der Waals surface area contributed by atoms with Crippen LogP contribution in [0, 0.1) is 5.82 Å². The largest absolute Gasteiger partial charge is 0.348 e. The molecule has 0 radical (unpaired) electrons. The molecule has 118 valence electrons. The Morgan fingerprint density at radius 2 is 2.13 bits per heavy atom. The zero-order valence-corrected chi connectivity index (χ0v) is 14.3. The van der Waals surface area contributed by atoms with Gasteiger partial charge in [0.15, 0.2) is 0 Å². The minimum atomic E-state index is -0.373. The number of hydrogen-bond donors (Lipinski definition) is 2. The van der Waals surface area contributed by atoms with Crippen LogP contribution >= 0.6 is 27.7 Å². The van der Waals surface area contributed by atoms with Crippen molar-refractivity contribution in [2.24, 2.45) is 0 Å². The average molecular weight is 395 g/mol. The highest BCUT2D eigenvalue weighted by molar-refractivity contribution is 9.10. The fourth-order valence-corrected chi connectivity index (χ4v) is 3.38. The summed E-state index contributed by atoms with van der Waals surface area (Å²) in [4.78, 5) is 24.6. The van der Waals surface area contributed by atoms with Crippen molar-refractivity contribution >= 4 is 45.2 Å². The van der Waals surface area contributed by atoms with E-state index in [0.717, 1.165) is 9.37 Å². The Morgan fingerprint density at radius 1 is 1.30 bits per heavy atom. The summed E-state index contributed by atoms with van der Waals surface area (Å²) < 4.78 is 14.4. The Bertz CT molecular complexity index is 798. The van der Waals surface area contributed by atoms with Crippen molar-refractivity contribution in [1.29, 1.82) is 0 Å². The van der Waals surface area contributed by atoms with E-state index in [2.05, 4.69) is 26.6 Å². The van der Waals surface area contributed by atoms with E-state index in [-0.39, 0.29) is 24.2 Å². The molecule has 0 aliphatic carbocycles. The summed E-state index contributed by atoms with van der Waals surface area (Å²) >= 11 is 4.71. The molecule has 2 aromatic carbocycles. The van der Waals surface area contributed by atoms with Crippen LogP contribution in [-0.2, 0) is 11.3 Å². The van der Waals surface area contributed by atoms with Crippen LogP contribution in [0.3, 0.4) is 0 Å². The second kappa shape index (κ2) is 6.72. The maximum Gasteiger partial charge on any atom is 0.251 e. The number of halogens is 2. The highest BCUT2D eigenvalue weighted by atomic mass is 79.9. The van der Waals surface area contributed by atoms with Gasteiger partial charge in [-0.1, -0.05) is 15.9 Å². The van der Waals surface area contributed by atoms with Crippen LogP contribution in [0.4, 0.5) is 10.1 Å². The van der Waals surface area contributed by atoms with E-state index in [0.29, 0.717) is 22.6 Å². The number of anilines is 1. The molecule has 7 heteroatoms. The van der Waals surface area contributed by atoms with Gasteiger partial charge in [0, 0.05) is 27.0 Å². The number of hydrogen-bond acceptors (Lipinski definition) is 3. The molecular formula is C16H12BrFN2O2S. The molecule has 0 bridgehead atoms. The van der Waals surface area contributed by atoms with Crippen LogP contribution in [0.2, 0.25) is 0 Å². The normalized spacial score (nSPS) is 13.2. The number of carbonyl (C=O) groups is 2. The first-order valence-corrected chi connectivity index (χ1v) is 8.59. The number of rotatable bonds is 3. The SMILES string of the molecule is O=C1CSc2ccc(C(=O)NCc3cc(Br)ccc3F)cc2N1. The lowest BCUT2D eigenvalue weighted by molar-refractivity contribution is -0.113. The monoisotopic (exact) mass is 394 g/mol. The van der Waals surface area contributed by atoms with Gasteiger partial charge in [-0.05, 0) is 36.4 Å². The molecular weight excluding hydrogens is 383 g/mol. The van der Waals surface area contributed by atoms with Crippen molar-refractivity contribution in [3.05, 3.63) is 57.8 Å². The molecule has 2 amide bonds. The molecule has 0 unspecified atom stereocenters. The van der Waals surface area contributed by atoms with Crippen LogP contribution in [-0.4, -0.2) is 17.6 Å². The summed E-state index contributed by atoms with van der Waals surface area (Å²) in [5, 5.41) is 5.42. The van der Waals surface area contributed by atoms with Gasteiger partial charge >= 0.3 is 0 Å². The molecule has 23 heavy (non-hydrogen) atoms. The summed E-state index contributed by atoms with van der Waals surface area (Å²) in [6.45, 7) is 0.0856. The van der Waals surface area contributed by atoms with E-state index < -0.39 is 0 Å². The van der Waals surface area contributed by atoms with Gasteiger partial charge in [-0.2, -0.15) is 0 Å². The highest BCUT2D eigenvalue weighted by Crippen LogP contribution is 2.31. The second-order valence-electron chi connectivity index (χ2n) is 4.97. The van der Waals surface area contributed by atoms with E-state index >= 15 is 0 Å². The van der Waals surface area contributed by atoms with Crippen LogP contribution in [0.5, 0.6) is 0 Å². The Labute approximate surface area is 145 Å². The highest BCUT2D eigenvalue weighted by Gasteiger charge is 2.17. The van der Waals surface area contributed by atoms with Crippen LogP contribution in [0.25, 0.3) is 0 Å². The minimum Gasteiger partial charge on any atom is -0.348 e. The van der Waals surface area contributed by atoms with Gasteiger partial charge in [0.05, 0.1) is 11.4 Å². The molecule has 0 aromatic heterocycles. The topological polar surface area (TPSA) is 58.2 Å². The van der Waals surface area contributed by atoms with Gasteiger partial charge in [0.1, 0.15) is 5.82 Å².